The summed E-state index contributed by atoms with van der Waals surface area (Å²) in [5.41, 5.74) is 0.329. The summed E-state index contributed by atoms with van der Waals surface area (Å²) in [7, 11) is 2.94. The van der Waals surface area contributed by atoms with E-state index in [2.05, 4.69) is 0 Å². The second-order valence-corrected chi connectivity index (χ2v) is 3.18. The fourth-order valence-corrected chi connectivity index (χ4v) is 1.23. The van der Waals surface area contributed by atoms with Crippen molar-refractivity contribution in [3.63, 3.8) is 0 Å². The van der Waals surface area contributed by atoms with Crippen molar-refractivity contribution in [3.05, 3.63) is 23.8 Å². The summed E-state index contributed by atoms with van der Waals surface area (Å²) in [6, 6.07) is 4.67. The van der Waals surface area contributed by atoms with Crippen LogP contribution in [-0.4, -0.2) is 37.7 Å². The van der Waals surface area contributed by atoms with Crippen LogP contribution in [0.2, 0.25) is 0 Å². The zero-order valence-corrected chi connectivity index (χ0v) is 9.52. The number of benzene rings is 1. The Hall–Kier alpha value is -2.24. The third-order valence-corrected chi connectivity index (χ3v) is 2.07. The van der Waals surface area contributed by atoms with Crippen LogP contribution in [0.15, 0.2) is 18.2 Å². The molecule has 1 amide bonds. The van der Waals surface area contributed by atoms with Crippen LogP contribution in [0.3, 0.4) is 0 Å². The fraction of sp³-hybridized carbons (Fsp3) is 0.273. The van der Waals surface area contributed by atoms with Crippen LogP contribution in [0, 0.1) is 0 Å². The minimum Gasteiger partial charge on any atom is -0.497 e. The Labute approximate surface area is 98.2 Å². The van der Waals surface area contributed by atoms with E-state index in [4.69, 9.17) is 14.6 Å². The number of hydrogen-bond acceptors (Lipinski definition) is 4. The van der Waals surface area contributed by atoms with E-state index in [1.54, 1.807) is 6.07 Å². The van der Waals surface area contributed by atoms with Crippen molar-refractivity contribution in [2.75, 3.05) is 20.8 Å². The Kier molecular flexibility index (Phi) is 4.33. The monoisotopic (exact) mass is 239 g/mol. The molecule has 1 rings (SSSR count). The van der Waals surface area contributed by atoms with Gasteiger partial charge in [0.05, 0.1) is 20.8 Å². The van der Waals surface area contributed by atoms with E-state index in [1.807, 2.05) is 5.32 Å². The minimum absolute atomic E-state index is 0.286. The molecule has 0 bridgehead atoms. The predicted octanol–water partition coefficient (Wildman–Crippen LogP) is 1.15. The molecule has 0 fully saturated rings. The first-order valence-electron chi connectivity index (χ1n) is 4.80. The lowest BCUT2D eigenvalue weighted by molar-refractivity contribution is 0.0986. The lowest BCUT2D eigenvalue weighted by Crippen LogP contribution is -2.27. The highest BCUT2D eigenvalue weighted by molar-refractivity contribution is 5.99. The Bertz CT molecular complexity index is 408. The van der Waals surface area contributed by atoms with Gasteiger partial charge in [0.25, 0.3) is 0 Å². The minimum atomic E-state index is -1.24. The number of rotatable bonds is 5. The van der Waals surface area contributed by atoms with Gasteiger partial charge in [0.2, 0.25) is 0 Å². The Morgan fingerprint density at radius 1 is 1.18 bits per heavy atom. The number of nitrogens with one attached hydrogen (secondary N) is 1. The second kappa shape index (κ2) is 5.74. The zero-order chi connectivity index (χ0) is 12.8. The van der Waals surface area contributed by atoms with Crippen molar-refractivity contribution in [1.82, 2.24) is 5.32 Å². The van der Waals surface area contributed by atoms with Gasteiger partial charge >= 0.3 is 6.09 Å². The topological polar surface area (TPSA) is 84.9 Å². The van der Waals surface area contributed by atoms with Gasteiger partial charge in [-0.2, -0.15) is 0 Å². The van der Waals surface area contributed by atoms with Crippen LogP contribution in [0.25, 0.3) is 0 Å². The van der Waals surface area contributed by atoms with Crippen molar-refractivity contribution in [2.24, 2.45) is 0 Å². The molecule has 6 nitrogen and oxygen atoms in total. The largest absolute Gasteiger partial charge is 0.497 e. The van der Waals surface area contributed by atoms with Gasteiger partial charge in [-0.15, -0.1) is 0 Å². The maximum Gasteiger partial charge on any atom is 0.405 e. The summed E-state index contributed by atoms with van der Waals surface area (Å²) < 4.78 is 10.0. The zero-order valence-electron chi connectivity index (χ0n) is 9.52. The molecule has 0 aliphatic carbocycles. The van der Waals surface area contributed by atoms with Gasteiger partial charge in [-0.1, -0.05) is 0 Å². The van der Waals surface area contributed by atoms with Gasteiger partial charge in [-0.05, 0) is 12.1 Å². The first kappa shape index (κ1) is 12.8. The third-order valence-electron chi connectivity index (χ3n) is 2.07. The number of amides is 1. The van der Waals surface area contributed by atoms with E-state index in [9.17, 15) is 9.59 Å². The fourth-order valence-electron chi connectivity index (χ4n) is 1.23. The summed E-state index contributed by atoms with van der Waals surface area (Å²) in [6.07, 6.45) is -1.24. The molecule has 0 spiro atoms. The van der Waals surface area contributed by atoms with Crippen LogP contribution in [0.5, 0.6) is 11.5 Å². The average molecular weight is 239 g/mol. The van der Waals surface area contributed by atoms with E-state index in [-0.39, 0.29) is 12.3 Å². The molecule has 2 N–H and O–H groups in total. The molecule has 1 aromatic carbocycles. The molecule has 0 atom stereocenters. The number of hydrogen-bond donors (Lipinski definition) is 2. The van der Waals surface area contributed by atoms with Crippen LogP contribution < -0.4 is 14.8 Å². The number of ether oxygens (including phenoxy) is 2. The van der Waals surface area contributed by atoms with Gasteiger partial charge in [0.15, 0.2) is 5.78 Å². The molecule has 0 aliphatic heterocycles. The van der Waals surface area contributed by atoms with Crippen molar-refractivity contribution in [2.45, 2.75) is 0 Å². The average Bonchev–Trinajstić information content (AvgIpc) is 2.34. The summed E-state index contributed by atoms with van der Waals surface area (Å²) in [6.45, 7) is -0.286. The summed E-state index contributed by atoms with van der Waals surface area (Å²) in [5, 5.41) is 10.4. The van der Waals surface area contributed by atoms with E-state index in [0.717, 1.165) is 0 Å². The molecule has 6 heteroatoms. The first-order chi connectivity index (χ1) is 8.06. The molecular formula is C11H13NO5. The molecule has 0 saturated carbocycles. The number of carbonyl (C=O) groups is 2. The number of carboxylic acid groups (broad SMARTS) is 1. The molecule has 0 heterocycles. The van der Waals surface area contributed by atoms with Crippen molar-refractivity contribution in [1.29, 1.82) is 0 Å². The van der Waals surface area contributed by atoms with Crippen LogP contribution in [0.4, 0.5) is 4.79 Å². The van der Waals surface area contributed by atoms with E-state index in [0.29, 0.717) is 17.1 Å². The molecule has 17 heavy (non-hydrogen) atoms. The Morgan fingerprint density at radius 2 is 1.71 bits per heavy atom. The van der Waals surface area contributed by atoms with Gasteiger partial charge in [0, 0.05) is 11.6 Å². The van der Waals surface area contributed by atoms with Crippen molar-refractivity contribution >= 4 is 11.9 Å². The van der Waals surface area contributed by atoms with E-state index >= 15 is 0 Å². The third kappa shape index (κ3) is 3.67. The number of methoxy groups -OCH3 is 2. The molecular weight excluding hydrogens is 226 g/mol. The molecule has 92 valence electrons. The van der Waals surface area contributed by atoms with Gasteiger partial charge in [-0.25, -0.2) is 4.79 Å². The Morgan fingerprint density at radius 3 is 2.12 bits per heavy atom. The van der Waals surface area contributed by atoms with Crippen molar-refractivity contribution < 1.29 is 24.2 Å². The Balaban J connectivity index is 2.88. The summed E-state index contributed by atoms with van der Waals surface area (Å²) in [4.78, 5) is 21.9. The lowest BCUT2D eigenvalue weighted by Gasteiger charge is -2.07. The van der Waals surface area contributed by atoms with E-state index < -0.39 is 6.09 Å². The molecule has 0 radical (unpaired) electrons. The molecule has 0 unspecified atom stereocenters. The lowest BCUT2D eigenvalue weighted by atomic mass is 10.1. The normalized spacial score (nSPS) is 9.53. The predicted molar refractivity (Wildman–Crippen MR) is 59.9 cm³/mol. The molecule has 0 aromatic heterocycles. The summed E-state index contributed by atoms with van der Waals surface area (Å²) in [5.74, 6) is 0.593. The SMILES string of the molecule is COc1cc(OC)cc(C(=O)CNC(=O)O)c1. The maximum atomic E-state index is 11.6. The highest BCUT2D eigenvalue weighted by atomic mass is 16.5. The first-order valence-corrected chi connectivity index (χ1v) is 4.80. The van der Waals surface area contributed by atoms with Gasteiger partial charge in [-0.3, -0.25) is 4.79 Å². The van der Waals surface area contributed by atoms with Crippen molar-refractivity contribution in [3.8, 4) is 11.5 Å². The molecule has 0 aliphatic rings. The smallest absolute Gasteiger partial charge is 0.405 e. The number of ketones is 1. The quantitative estimate of drug-likeness (QED) is 0.753. The highest BCUT2D eigenvalue weighted by Crippen LogP contribution is 2.22. The van der Waals surface area contributed by atoms with Crippen LogP contribution in [0.1, 0.15) is 10.4 Å². The summed E-state index contributed by atoms with van der Waals surface area (Å²) >= 11 is 0. The van der Waals surface area contributed by atoms with Crippen LogP contribution in [-0.2, 0) is 0 Å². The number of carbonyl (C=O) groups excluding carboxylic acids is 1. The molecule has 1 aromatic rings. The number of Topliss-reactive ketones (excluding diaryl/α,β-unsaturated/α-hetero) is 1. The van der Waals surface area contributed by atoms with E-state index in [1.165, 1.54) is 26.4 Å². The molecule has 0 saturated heterocycles. The van der Waals surface area contributed by atoms with Gasteiger partial charge in [0.1, 0.15) is 11.5 Å². The van der Waals surface area contributed by atoms with Crippen LogP contribution >= 0.6 is 0 Å². The van der Waals surface area contributed by atoms with Gasteiger partial charge < -0.3 is 19.9 Å². The maximum absolute atomic E-state index is 11.6. The second-order valence-electron chi connectivity index (χ2n) is 3.18. The standard InChI is InChI=1S/C11H13NO5/c1-16-8-3-7(4-9(5-8)17-2)10(13)6-12-11(14)15/h3-5,12H,6H2,1-2H3,(H,14,15). The highest BCUT2D eigenvalue weighted by Gasteiger charge is 2.10.